The molecule has 1 unspecified atom stereocenters. The highest BCUT2D eigenvalue weighted by molar-refractivity contribution is 5.75. The number of ether oxygens (including phenoxy) is 2. The Morgan fingerprint density at radius 3 is 2.35 bits per heavy atom. The zero-order valence-corrected chi connectivity index (χ0v) is 12.5. The average molecular weight is 280 g/mol. The summed E-state index contributed by atoms with van der Waals surface area (Å²) in [5, 5.41) is 9.73. The van der Waals surface area contributed by atoms with Gasteiger partial charge in [0.25, 0.3) is 0 Å². The van der Waals surface area contributed by atoms with Crippen molar-refractivity contribution < 1.29 is 19.4 Å². The van der Waals surface area contributed by atoms with Crippen molar-refractivity contribution in [1.29, 1.82) is 0 Å². The van der Waals surface area contributed by atoms with Crippen molar-refractivity contribution in [3.05, 3.63) is 29.8 Å². The molecule has 4 heteroatoms. The van der Waals surface area contributed by atoms with Crippen LogP contribution in [0.1, 0.15) is 51.7 Å². The summed E-state index contributed by atoms with van der Waals surface area (Å²) >= 11 is 0. The topological polar surface area (TPSA) is 55.8 Å². The van der Waals surface area contributed by atoms with Crippen molar-refractivity contribution in [2.24, 2.45) is 0 Å². The van der Waals surface area contributed by atoms with Gasteiger partial charge in [0.15, 0.2) is 6.10 Å². The standard InChI is InChI=1S/C16H24O4/c1-4-7-15(16(18)19-6-3)20-13-10-8-12(9-11-13)14(17)5-2/h8-11,14-15,17H,4-7H2,1-3H3/t14-,15?/m1/s1. The smallest absolute Gasteiger partial charge is 0.347 e. The normalized spacial score (nSPS) is 13.6. The second kappa shape index (κ2) is 8.59. The zero-order chi connectivity index (χ0) is 15.0. The number of esters is 1. The van der Waals surface area contributed by atoms with Crippen LogP contribution in [-0.4, -0.2) is 23.8 Å². The minimum Gasteiger partial charge on any atom is -0.479 e. The number of carbonyl (C=O) groups excluding carboxylic acids is 1. The number of benzene rings is 1. The minimum absolute atomic E-state index is 0.327. The highest BCUT2D eigenvalue weighted by Crippen LogP contribution is 2.21. The maximum atomic E-state index is 11.8. The Balaban J connectivity index is 2.71. The van der Waals surface area contributed by atoms with E-state index in [0.29, 0.717) is 25.2 Å². The number of rotatable bonds is 8. The van der Waals surface area contributed by atoms with Gasteiger partial charge in [-0.1, -0.05) is 32.4 Å². The molecule has 4 nitrogen and oxygen atoms in total. The van der Waals surface area contributed by atoms with Crippen LogP contribution in [0.15, 0.2) is 24.3 Å². The lowest BCUT2D eigenvalue weighted by atomic mass is 10.1. The highest BCUT2D eigenvalue weighted by atomic mass is 16.6. The summed E-state index contributed by atoms with van der Waals surface area (Å²) in [4.78, 5) is 11.8. The molecule has 0 bridgehead atoms. The molecule has 1 rings (SSSR count). The Labute approximate surface area is 120 Å². The molecule has 0 spiro atoms. The molecule has 0 fully saturated rings. The molecule has 112 valence electrons. The van der Waals surface area contributed by atoms with E-state index in [-0.39, 0.29) is 5.97 Å². The summed E-state index contributed by atoms with van der Waals surface area (Å²) in [5.41, 5.74) is 0.850. The first-order valence-electron chi connectivity index (χ1n) is 7.23. The van der Waals surface area contributed by atoms with Crippen LogP contribution in [0.4, 0.5) is 0 Å². The molecule has 0 saturated heterocycles. The second-order valence-corrected chi connectivity index (χ2v) is 4.64. The van der Waals surface area contributed by atoms with E-state index in [2.05, 4.69) is 0 Å². The lowest BCUT2D eigenvalue weighted by Gasteiger charge is -2.17. The minimum atomic E-state index is -0.568. The Morgan fingerprint density at radius 1 is 1.20 bits per heavy atom. The Kier molecular flexibility index (Phi) is 7.09. The number of hydrogen-bond donors (Lipinski definition) is 1. The predicted octanol–water partition coefficient (Wildman–Crippen LogP) is 3.24. The molecule has 0 heterocycles. The number of carbonyl (C=O) groups is 1. The molecular weight excluding hydrogens is 256 g/mol. The predicted molar refractivity (Wildman–Crippen MR) is 77.6 cm³/mol. The van der Waals surface area contributed by atoms with Crippen LogP contribution >= 0.6 is 0 Å². The summed E-state index contributed by atoms with van der Waals surface area (Å²) in [7, 11) is 0. The van der Waals surface area contributed by atoms with Gasteiger partial charge in [-0.3, -0.25) is 0 Å². The van der Waals surface area contributed by atoms with Crippen LogP contribution < -0.4 is 4.74 Å². The fraction of sp³-hybridized carbons (Fsp3) is 0.562. The number of hydrogen-bond acceptors (Lipinski definition) is 4. The molecule has 1 aromatic rings. The molecule has 0 aliphatic rings. The molecule has 0 aromatic heterocycles. The third-order valence-electron chi connectivity index (χ3n) is 3.03. The molecule has 0 amide bonds. The van der Waals surface area contributed by atoms with Gasteiger partial charge in [-0.2, -0.15) is 0 Å². The zero-order valence-electron chi connectivity index (χ0n) is 12.5. The van der Waals surface area contributed by atoms with E-state index in [9.17, 15) is 9.90 Å². The third kappa shape index (κ3) is 4.85. The molecule has 20 heavy (non-hydrogen) atoms. The van der Waals surface area contributed by atoms with Crippen molar-refractivity contribution in [3.63, 3.8) is 0 Å². The lowest BCUT2D eigenvalue weighted by molar-refractivity contribution is -0.151. The molecular formula is C16H24O4. The van der Waals surface area contributed by atoms with Crippen LogP contribution in [-0.2, 0) is 9.53 Å². The Bertz CT molecular complexity index is 399. The van der Waals surface area contributed by atoms with Crippen molar-refractivity contribution in [3.8, 4) is 5.75 Å². The highest BCUT2D eigenvalue weighted by Gasteiger charge is 2.20. The van der Waals surface area contributed by atoms with Gasteiger partial charge >= 0.3 is 5.97 Å². The van der Waals surface area contributed by atoms with Crippen LogP contribution in [0.2, 0.25) is 0 Å². The van der Waals surface area contributed by atoms with Crippen molar-refractivity contribution in [2.75, 3.05) is 6.61 Å². The van der Waals surface area contributed by atoms with E-state index in [1.165, 1.54) is 0 Å². The van der Waals surface area contributed by atoms with Gasteiger partial charge in [0.2, 0.25) is 0 Å². The average Bonchev–Trinajstić information content (AvgIpc) is 2.47. The van der Waals surface area contributed by atoms with Gasteiger partial charge in [-0.15, -0.1) is 0 Å². The van der Waals surface area contributed by atoms with Crippen LogP contribution in [0.25, 0.3) is 0 Å². The molecule has 0 radical (unpaired) electrons. The third-order valence-corrected chi connectivity index (χ3v) is 3.03. The van der Waals surface area contributed by atoms with Crippen molar-refractivity contribution in [2.45, 2.75) is 52.2 Å². The lowest BCUT2D eigenvalue weighted by Crippen LogP contribution is -2.29. The largest absolute Gasteiger partial charge is 0.479 e. The number of aliphatic hydroxyl groups excluding tert-OH is 1. The Hall–Kier alpha value is -1.55. The first-order valence-corrected chi connectivity index (χ1v) is 7.23. The van der Waals surface area contributed by atoms with E-state index in [0.717, 1.165) is 12.0 Å². The number of aliphatic hydroxyl groups is 1. The molecule has 1 N–H and O–H groups in total. The van der Waals surface area contributed by atoms with Gasteiger partial charge in [-0.25, -0.2) is 4.79 Å². The first kappa shape index (κ1) is 16.5. The molecule has 0 saturated carbocycles. The SMILES string of the molecule is CCCC(Oc1ccc([C@H](O)CC)cc1)C(=O)OCC. The molecule has 1 aromatic carbocycles. The molecule has 0 aliphatic carbocycles. The quantitative estimate of drug-likeness (QED) is 0.743. The van der Waals surface area contributed by atoms with Crippen molar-refractivity contribution in [1.82, 2.24) is 0 Å². The maximum Gasteiger partial charge on any atom is 0.347 e. The summed E-state index contributed by atoms with van der Waals surface area (Å²) < 4.78 is 10.7. The summed E-state index contributed by atoms with van der Waals surface area (Å²) in [6.45, 7) is 6.05. The Morgan fingerprint density at radius 2 is 1.85 bits per heavy atom. The maximum absolute atomic E-state index is 11.8. The van der Waals surface area contributed by atoms with Gasteiger partial charge in [-0.05, 0) is 37.5 Å². The van der Waals surface area contributed by atoms with Crippen molar-refractivity contribution >= 4 is 5.97 Å². The van der Waals surface area contributed by atoms with E-state index >= 15 is 0 Å². The van der Waals surface area contributed by atoms with Crippen LogP contribution in [0.5, 0.6) is 5.75 Å². The first-order chi connectivity index (χ1) is 9.62. The van der Waals surface area contributed by atoms with E-state index < -0.39 is 12.2 Å². The van der Waals surface area contributed by atoms with Crippen LogP contribution in [0.3, 0.4) is 0 Å². The fourth-order valence-electron chi connectivity index (χ4n) is 1.89. The van der Waals surface area contributed by atoms with E-state index in [4.69, 9.17) is 9.47 Å². The van der Waals surface area contributed by atoms with Gasteiger partial charge in [0.1, 0.15) is 5.75 Å². The monoisotopic (exact) mass is 280 g/mol. The van der Waals surface area contributed by atoms with Gasteiger partial charge in [0.05, 0.1) is 12.7 Å². The molecule has 2 atom stereocenters. The summed E-state index contributed by atoms with van der Waals surface area (Å²) in [6, 6.07) is 7.18. The second-order valence-electron chi connectivity index (χ2n) is 4.64. The van der Waals surface area contributed by atoms with Gasteiger partial charge < -0.3 is 14.6 Å². The van der Waals surface area contributed by atoms with E-state index in [1.807, 2.05) is 26.0 Å². The molecule has 0 aliphatic heterocycles. The fourth-order valence-corrected chi connectivity index (χ4v) is 1.89. The van der Waals surface area contributed by atoms with Gasteiger partial charge in [0, 0.05) is 0 Å². The van der Waals surface area contributed by atoms with Crippen LogP contribution in [0, 0.1) is 0 Å². The van der Waals surface area contributed by atoms with E-state index in [1.54, 1.807) is 19.1 Å². The summed E-state index contributed by atoms with van der Waals surface area (Å²) in [6.07, 6.45) is 1.11. The summed E-state index contributed by atoms with van der Waals surface area (Å²) in [5.74, 6) is 0.288.